The van der Waals surface area contributed by atoms with Crippen molar-refractivity contribution in [1.82, 2.24) is 0 Å². The quantitative estimate of drug-likeness (QED) is 0.510. The fourth-order valence-electron chi connectivity index (χ4n) is 0.224. The van der Waals surface area contributed by atoms with E-state index < -0.39 is 0 Å². The van der Waals surface area contributed by atoms with Crippen LogP contribution in [0.1, 0.15) is 0 Å². The molecule has 1 heterocycles. The van der Waals surface area contributed by atoms with Crippen molar-refractivity contribution in [1.29, 1.82) is 0 Å². The van der Waals surface area contributed by atoms with Crippen molar-refractivity contribution < 1.29 is 16.3 Å². The van der Waals surface area contributed by atoms with Crippen LogP contribution in [0.25, 0.3) is 0 Å². The topological polar surface area (TPSA) is 0 Å². The zero-order chi connectivity index (χ0) is 6.41. The van der Waals surface area contributed by atoms with Gasteiger partial charge in [0, 0.05) is 0 Å². The van der Waals surface area contributed by atoms with E-state index in [0.717, 1.165) is 3.79 Å². The molecule has 0 atom stereocenters. The minimum absolute atomic E-state index is 1.14. The standard InChI is InChI=1S/C4H2BrS.BrH.Zn/c5-4-2-1-3-6-4;;/h1-2H;1H;/q-1;;+2/p-1. The van der Waals surface area contributed by atoms with Crippen LogP contribution in [0.3, 0.4) is 0 Å². The predicted molar refractivity (Wildman–Crippen MR) is 39.8 cm³/mol. The third kappa shape index (κ3) is 4.19. The molecule has 0 saturated carbocycles. The van der Waals surface area contributed by atoms with Crippen LogP contribution < -0.4 is 0 Å². The molecule has 0 bridgehead atoms. The first-order chi connectivity index (χ1) is 3.89. The Hall–Kier alpha value is 1.28. The van der Waals surface area contributed by atoms with Gasteiger partial charge in [0.1, 0.15) is 0 Å². The summed E-state index contributed by atoms with van der Waals surface area (Å²) >= 11 is 9.09. The Labute approximate surface area is 77.8 Å². The molecule has 0 nitrogen and oxygen atoms in total. The van der Waals surface area contributed by atoms with E-state index in [1.807, 2.05) is 12.1 Å². The Bertz CT molecular complexity index is 118. The number of rotatable bonds is 0. The Kier molecular flexibility index (Phi) is 7.43. The van der Waals surface area contributed by atoms with Gasteiger partial charge >= 0.3 is 30.0 Å². The van der Waals surface area contributed by atoms with Crippen LogP contribution in [0.15, 0.2) is 15.9 Å². The van der Waals surface area contributed by atoms with Crippen LogP contribution in [0, 0.1) is 5.38 Å². The van der Waals surface area contributed by atoms with Gasteiger partial charge in [-0.1, -0.05) is 3.79 Å². The molecule has 1 aromatic heterocycles. The van der Waals surface area contributed by atoms with Gasteiger partial charge in [0.25, 0.3) is 0 Å². The molecule has 1 aromatic rings. The monoisotopic (exact) mass is 304 g/mol. The van der Waals surface area contributed by atoms with Crippen LogP contribution in [0.5, 0.6) is 0 Å². The molecule has 0 spiro atoms. The minimum atomic E-state index is 1.14. The Morgan fingerprint density at radius 3 is 2.38 bits per heavy atom. The second-order valence-electron chi connectivity index (χ2n) is 0.857. The fourth-order valence-corrected chi connectivity index (χ4v) is 1.02. The normalized spacial score (nSPS) is 7.50. The average Bonchev–Trinajstić information content (AvgIpc) is 2.24. The van der Waals surface area contributed by atoms with Crippen molar-refractivity contribution in [3.05, 3.63) is 21.3 Å². The first kappa shape index (κ1) is 9.28. The van der Waals surface area contributed by atoms with Crippen molar-refractivity contribution in [2.45, 2.75) is 0 Å². The maximum absolute atomic E-state index is 3.27. The van der Waals surface area contributed by atoms with E-state index in [4.69, 9.17) is 0 Å². The number of halogens is 2. The van der Waals surface area contributed by atoms with E-state index >= 15 is 0 Å². The molecular formula is C4H2Br2SZn. The van der Waals surface area contributed by atoms with Crippen LogP contribution >= 0.6 is 40.9 Å². The van der Waals surface area contributed by atoms with E-state index in [-0.39, 0.29) is 0 Å². The van der Waals surface area contributed by atoms with Gasteiger partial charge < -0.3 is 0 Å². The Balaban J connectivity index is 0.000000222. The van der Waals surface area contributed by atoms with E-state index in [0.29, 0.717) is 0 Å². The third-order valence-corrected chi connectivity index (χ3v) is 1.77. The molecule has 1 rings (SSSR count). The molecule has 0 aliphatic rings. The fraction of sp³-hybridized carbons (Fsp3) is 0. The third-order valence-electron chi connectivity index (χ3n) is 0.439. The van der Waals surface area contributed by atoms with Crippen molar-refractivity contribution in [2.24, 2.45) is 0 Å². The summed E-state index contributed by atoms with van der Waals surface area (Å²) in [5.74, 6) is 0. The van der Waals surface area contributed by atoms with Crippen LogP contribution in [-0.2, 0) is 16.3 Å². The van der Waals surface area contributed by atoms with Gasteiger partial charge in [0.05, 0.1) is 0 Å². The molecule has 0 N–H and O–H groups in total. The SMILES string of the molecule is Brc1cc[c-]s1.[Zn+][Br]. The molecule has 4 heteroatoms. The molecule has 8 heavy (non-hydrogen) atoms. The summed E-state index contributed by atoms with van der Waals surface area (Å²) in [4.78, 5) is 0. The molecule has 0 aromatic carbocycles. The zero-order valence-corrected chi connectivity index (χ0v) is 11.0. The van der Waals surface area contributed by atoms with Gasteiger partial charge in [-0.15, -0.1) is 21.3 Å². The summed E-state index contributed by atoms with van der Waals surface area (Å²) in [5.41, 5.74) is 0. The Morgan fingerprint density at radius 2 is 2.25 bits per heavy atom. The molecule has 0 radical (unpaired) electrons. The second kappa shape index (κ2) is 6.40. The van der Waals surface area contributed by atoms with Gasteiger partial charge in [0.15, 0.2) is 0 Å². The van der Waals surface area contributed by atoms with E-state index in [2.05, 4.69) is 34.9 Å². The summed E-state index contributed by atoms with van der Waals surface area (Å²) < 4.78 is 1.14. The summed E-state index contributed by atoms with van der Waals surface area (Å²) in [6.45, 7) is 0. The summed E-state index contributed by atoms with van der Waals surface area (Å²) in [6, 6.07) is 3.85. The summed E-state index contributed by atoms with van der Waals surface area (Å²) in [7, 11) is 0. The summed E-state index contributed by atoms with van der Waals surface area (Å²) in [6.07, 6.45) is 0. The second-order valence-corrected chi connectivity index (χ2v) is 3.12. The molecular weight excluding hydrogens is 305 g/mol. The maximum atomic E-state index is 3.27. The van der Waals surface area contributed by atoms with Crippen molar-refractivity contribution in [3.63, 3.8) is 0 Å². The summed E-state index contributed by atoms with van der Waals surface area (Å²) in [5, 5.41) is 2.92. The van der Waals surface area contributed by atoms with Gasteiger partial charge in [-0.05, 0) is 0 Å². The Morgan fingerprint density at radius 1 is 1.62 bits per heavy atom. The van der Waals surface area contributed by atoms with Gasteiger partial charge in [-0.2, -0.15) is 12.1 Å². The first-order valence-corrected chi connectivity index (χ1v) is 10.3. The van der Waals surface area contributed by atoms with E-state index in [1.54, 1.807) is 11.3 Å². The zero-order valence-electron chi connectivity index (χ0n) is 4.03. The van der Waals surface area contributed by atoms with Gasteiger partial charge in [-0.3, -0.25) is 11.3 Å². The van der Waals surface area contributed by atoms with E-state index in [1.165, 1.54) is 16.3 Å². The van der Waals surface area contributed by atoms with Gasteiger partial charge in [-0.25, -0.2) is 0 Å². The molecule has 0 unspecified atom stereocenters. The number of hydrogen-bond donors (Lipinski definition) is 0. The molecule has 40 valence electrons. The van der Waals surface area contributed by atoms with Crippen molar-refractivity contribution in [3.8, 4) is 0 Å². The van der Waals surface area contributed by atoms with Crippen LogP contribution in [0.4, 0.5) is 0 Å². The first-order valence-electron chi connectivity index (χ1n) is 1.78. The van der Waals surface area contributed by atoms with Crippen molar-refractivity contribution in [2.75, 3.05) is 0 Å². The molecule has 0 amide bonds. The van der Waals surface area contributed by atoms with E-state index in [9.17, 15) is 0 Å². The molecule has 0 fully saturated rings. The number of thiophene rings is 1. The molecule has 0 aliphatic carbocycles. The van der Waals surface area contributed by atoms with Gasteiger partial charge in [0.2, 0.25) is 0 Å². The predicted octanol–water partition coefficient (Wildman–Crippen LogP) is 3.15. The van der Waals surface area contributed by atoms with Crippen LogP contribution in [-0.4, -0.2) is 0 Å². The molecule has 0 saturated heterocycles. The number of hydrogen-bond acceptors (Lipinski definition) is 1. The van der Waals surface area contributed by atoms with Crippen molar-refractivity contribution >= 4 is 40.9 Å². The molecule has 0 aliphatic heterocycles. The average molecular weight is 307 g/mol. The van der Waals surface area contributed by atoms with Crippen LogP contribution in [0.2, 0.25) is 0 Å².